The van der Waals surface area contributed by atoms with Crippen LogP contribution < -0.4 is 10.5 Å². The van der Waals surface area contributed by atoms with Gasteiger partial charge in [-0.25, -0.2) is 18.2 Å². The molecule has 0 fully saturated rings. The minimum atomic E-state index is -2.78. The number of nitrogens with one attached hydrogen (secondary N) is 1. The summed E-state index contributed by atoms with van der Waals surface area (Å²) in [5, 5.41) is 0. The molecular formula is C20H24F3N3O2. The largest absolute Gasteiger partial charge is 0.348 e. The summed E-state index contributed by atoms with van der Waals surface area (Å²) >= 11 is 0. The molecule has 1 heterocycles. The van der Waals surface area contributed by atoms with Crippen molar-refractivity contribution in [1.29, 1.82) is 0 Å². The Bertz CT molecular complexity index is 918. The Labute approximate surface area is 161 Å². The molecule has 0 saturated heterocycles. The summed E-state index contributed by atoms with van der Waals surface area (Å²) in [7, 11) is 3.34. The van der Waals surface area contributed by atoms with Gasteiger partial charge in [0, 0.05) is 32.1 Å². The van der Waals surface area contributed by atoms with Gasteiger partial charge >= 0.3 is 0 Å². The monoisotopic (exact) mass is 395 g/mol. The number of nitrogens with zero attached hydrogens (tertiary/aromatic N) is 2. The van der Waals surface area contributed by atoms with E-state index in [4.69, 9.17) is 0 Å². The SMILES string of the molecule is CN(C)c1nc(C(=O)C[C@@H](c2ccc(C(F)F)cc2F)C(C)(C)C)cc(=O)[nH]1. The lowest BCUT2D eigenvalue weighted by molar-refractivity contribution is 0.0944. The molecule has 0 aliphatic rings. The molecule has 0 radical (unpaired) electrons. The maximum Gasteiger partial charge on any atom is 0.263 e. The van der Waals surface area contributed by atoms with Crippen LogP contribution in [0.1, 0.15) is 61.2 Å². The first kappa shape index (κ1) is 21.7. The molecule has 1 aromatic heterocycles. The molecule has 0 amide bonds. The van der Waals surface area contributed by atoms with E-state index in [1.165, 1.54) is 12.1 Å². The molecule has 8 heteroatoms. The molecule has 0 spiro atoms. The fraction of sp³-hybridized carbons (Fsp3) is 0.450. The third kappa shape index (κ3) is 4.99. The molecule has 1 N–H and O–H groups in total. The molecule has 5 nitrogen and oxygen atoms in total. The summed E-state index contributed by atoms with van der Waals surface area (Å²) in [6.45, 7) is 5.51. The average Bonchev–Trinajstić information content (AvgIpc) is 2.58. The normalized spacial score (nSPS) is 12.9. The second-order valence-corrected chi connectivity index (χ2v) is 7.98. The van der Waals surface area contributed by atoms with Crippen molar-refractivity contribution in [3.8, 4) is 0 Å². The number of hydrogen-bond donors (Lipinski definition) is 1. The molecule has 0 aliphatic heterocycles. The first-order valence-electron chi connectivity index (χ1n) is 8.79. The predicted octanol–water partition coefficient (Wildman–Crippen LogP) is 4.32. The number of Topliss-reactive ketones (excluding diaryl/α,β-unsaturated/α-hetero) is 1. The van der Waals surface area contributed by atoms with Crippen molar-refractivity contribution in [2.75, 3.05) is 19.0 Å². The van der Waals surface area contributed by atoms with Crippen molar-refractivity contribution in [2.24, 2.45) is 5.41 Å². The van der Waals surface area contributed by atoms with E-state index in [-0.39, 0.29) is 23.6 Å². The molecular weight excluding hydrogens is 371 g/mol. The van der Waals surface area contributed by atoms with Crippen LogP contribution in [0, 0.1) is 11.2 Å². The fourth-order valence-corrected chi connectivity index (χ4v) is 2.93. The number of ketones is 1. The zero-order valence-corrected chi connectivity index (χ0v) is 16.5. The molecule has 1 aromatic carbocycles. The predicted molar refractivity (Wildman–Crippen MR) is 102 cm³/mol. The number of halogens is 3. The average molecular weight is 395 g/mol. The topological polar surface area (TPSA) is 66.1 Å². The van der Waals surface area contributed by atoms with Crippen molar-refractivity contribution in [1.82, 2.24) is 9.97 Å². The molecule has 28 heavy (non-hydrogen) atoms. The highest BCUT2D eigenvalue weighted by Gasteiger charge is 2.32. The van der Waals surface area contributed by atoms with Gasteiger partial charge in [-0.15, -0.1) is 0 Å². The quantitative estimate of drug-likeness (QED) is 0.740. The zero-order chi connectivity index (χ0) is 21.2. The first-order valence-corrected chi connectivity index (χ1v) is 8.79. The lowest BCUT2D eigenvalue weighted by Crippen LogP contribution is -2.25. The number of alkyl halides is 2. The van der Waals surface area contributed by atoms with E-state index in [2.05, 4.69) is 9.97 Å². The van der Waals surface area contributed by atoms with Crippen LogP contribution in [-0.2, 0) is 0 Å². The van der Waals surface area contributed by atoms with Crippen LogP contribution in [0.3, 0.4) is 0 Å². The minimum absolute atomic E-state index is 0.0219. The van der Waals surface area contributed by atoms with Gasteiger partial charge in [0.2, 0.25) is 5.95 Å². The van der Waals surface area contributed by atoms with E-state index in [9.17, 15) is 22.8 Å². The van der Waals surface area contributed by atoms with Gasteiger partial charge in [0.05, 0.1) is 0 Å². The number of carbonyl (C=O) groups is 1. The van der Waals surface area contributed by atoms with Crippen molar-refractivity contribution in [3.63, 3.8) is 0 Å². The van der Waals surface area contributed by atoms with Gasteiger partial charge in [0.25, 0.3) is 12.0 Å². The van der Waals surface area contributed by atoms with E-state index in [0.717, 1.165) is 12.1 Å². The van der Waals surface area contributed by atoms with E-state index < -0.39 is 40.5 Å². The molecule has 152 valence electrons. The molecule has 0 bridgehead atoms. The van der Waals surface area contributed by atoms with Crippen molar-refractivity contribution in [2.45, 2.75) is 39.5 Å². The van der Waals surface area contributed by atoms with Gasteiger partial charge in [-0.3, -0.25) is 14.6 Å². The lowest BCUT2D eigenvalue weighted by atomic mass is 9.73. The highest BCUT2D eigenvalue weighted by atomic mass is 19.3. The molecule has 0 unspecified atom stereocenters. The van der Waals surface area contributed by atoms with E-state index in [1.807, 2.05) is 20.8 Å². The fourth-order valence-electron chi connectivity index (χ4n) is 2.93. The van der Waals surface area contributed by atoms with Crippen molar-refractivity contribution in [3.05, 3.63) is 57.3 Å². The van der Waals surface area contributed by atoms with Crippen LogP contribution >= 0.6 is 0 Å². The van der Waals surface area contributed by atoms with Gasteiger partial charge in [-0.1, -0.05) is 32.9 Å². The highest BCUT2D eigenvalue weighted by Crippen LogP contribution is 2.40. The summed E-state index contributed by atoms with van der Waals surface area (Å²) in [6.07, 6.45) is -2.89. The second-order valence-electron chi connectivity index (χ2n) is 7.98. The highest BCUT2D eigenvalue weighted by molar-refractivity contribution is 5.95. The van der Waals surface area contributed by atoms with Gasteiger partial charge in [-0.2, -0.15) is 0 Å². The maximum absolute atomic E-state index is 14.6. The number of H-pyrrole nitrogens is 1. The number of aromatic nitrogens is 2. The first-order chi connectivity index (χ1) is 12.9. The smallest absolute Gasteiger partial charge is 0.263 e. The van der Waals surface area contributed by atoms with E-state index >= 15 is 0 Å². The number of aromatic amines is 1. The number of benzene rings is 1. The molecule has 0 saturated carbocycles. The summed E-state index contributed by atoms with van der Waals surface area (Å²) < 4.78 is 40.2. The van der Waals surface area contributed by atoms with E-state index in [1.54, 1.807) is 19.0 Å². The Morgan fingerprint density at radius 3 is 2.36 bits per heavy atom. The third-order valence-electron chi connectivity index (χ3n) is 4.53. The number of hydrogen-bond acceptors (Lipinski definition) is 4. The van der Waals surface area contributed by atoms with Crippen LogP contribution in [0.2, 0.25) is 0 Å². The molecule has 1 atom stereocenters. The Balaban J connectivity index is 2.41. The zero-order valence-electron chi connectivity index (χ0n) is 16.5. The number of anilines is 1. The van der Waals surface area contributed by atoms with Crippen LogP contribution in [0.4, 0.5) is 19.1 Å². The van der Waals surface area contributed by atoms with Crippen molar-refractivity contribution >= 4 is 11.7 Å². The second kappa shape index (κ2) is 8.16. The Kier molecular flexibility index (Phi) is 6.31. The van der Waals surface area contributed by atoms with Gasteiger partial charge in [0.1, 0.15) is 11.5 Å². The van der Waals surface area contributed by atoms with Gasteiger partial charge in [-0.05, 0) is 23.0 Å². The summed E-state index contributed by atoms with van der Waals surface area (Å²) in [5.74, 6) is -1.56. The number of rotatable bonds is 6. The standard InChI is InChI=1S/C20H24F3N3O2/c1-20(2,3)13(12-7-6-11(18(22)23)8-14(12)21)9-16(27)15-10-17(28)25-19(24-15)26(4)5/h6-8,10,13,18H,9H2,1-5H3,(H,24,25,28)/t13-/m0/s1. The third-order valence-corrected chi connectivity index (χ3v) is 4.53. The molecule has 0 aliphatic carbocycles. The Morgan fingerprint density at radius 2 is 1.86 bits per heavy atom. The van der Waals surface area contributed by atoms with Crippen LogP contribution in [-0.4, -0.2) is 29.8 Å². The van der Waals surface area contributed by atoms with Crippen molar-refractivity contribution < 1.29 is 18.0 Å². The lowest BCUT2D eigenvalue weighted by Gasteiger charge is -2.31. The van der Waals surface area contributed by atoms with Crippen LogP contribution in [0.5, 0.6) is 0 Å². The minimum Gasteiger partial charge on any atom is -0.348 e. The maximum atomic E-state index is 14.6. The Hall–Kier alpha value is -2.64. The molecule has 2 aromatic rings. The molecule has 2 rings (SSSR count). The Morgan fingerprint density at radius 1 is 1.21 bits per heavy atom. The summed E-state index contributed by atoms with van der Waals surface area (Å²) in [6, 6.07) is 4.38. The summed E-state index contributed by atoms with van der Waals surface area (Å²) in [4.78, 5) is 32.9. The number of carbonyl (C=O) groups excluding carboxylic acids is 1. The van der Waals surface area contributed by atoms with Gasteiger partial charge < -0.3 is 4.90 Å². The van der Waals surface area contributed by atoms with Gasteiger partial charge in [0.15, 0.2) is 5.78 Å². The summed E-state index contributed by atoms with van der Waals surface area (Å²) in [5.41, 5.74) is -1.25. The van der Waals surface area contributed by atoms with Crippen LogP contribution in [0.25, 0.3) is 0 Å². The van der Waals surface area contributed by atoms with Crippen LogP contribution in [0.15, 0.2) is 29.1 Å². The van der Waals surface area contributed by atoms with E-state index in [0.29, 0.717) is 0 Å².